The molecule has 1 aliphatic rings. The van der Waals surface area contributed by atoms with Crippen molar-refractivity contribution < 1.29 is 4.74 Å². The monoisotopic (exact) mass is 270 g/mol. The number of nitrogens with one attached hydrogen (secondary N) is 1. The van der Waals surface area contributed by atoms with E-state index in [1.54, 1.807) is 7.11 Å². The maximum absolute atomic E-state index is 5.26. The molecule has 0 spiro atoms. The van der Waals surface area contributed by atoms with Gasteiger partial charge in [0.25, 0.3) is 0 Å². The minimum atomic E-state index is 0.269. The fourth-order valence-electron chi connectivity index (χ4n) is 3.02. The molecule has 0 bridgehead atoms. The zero-order valence-electron chi connectivity index (χ0n) is 13.8. The Labute approximate surface area is 120 Å². The summed E-state index contributed by atoms with van der Waals surface area (Å²) in [5.74, 6) is 0.749. The second-order valence-electron chi connectivity index (χ2n) is 6.55. The van der Waals surface area contributed by atoms with Crippen molar-refractivity contribution in [3.8, 4) is 0 Å². The number of ether oxygens (including phenoxy) is 1. The molecule has 3 nitrogen and oxygen atoms in total. The fourth-order valence-corrected chi connectivity index (χ4v) is 3.02. The Bertz CT molecular complexity index is 259. The molecule has 1 N–H and O–H groups in total. The van der Waals surface area contributed by atoms with Crippen LogP contribution in [0.5, 0.6) is 0 Å². The first kappa shape index (κ1) is 16.9. The van der Waals surface area contributed by atoms with Crippen LogP contribution >= 0.6 is 0 Å². The standard InChI is InChI=1S/C16H34N2O/c1-7-13(3)15-11-17-16(5,8-2)12-18(15)14(4)9-10-19-6/h13-15,17H,7-12H2,1-6H3. The molecule has 0 radical (unpaired) electrons. The quantitative estimate of drug-likeness (QED) is 0.770. The highest BCUT2D eigenvalue weighted by Crippen LogP contribution is 2.26. The molecule has 0 aromatic carbocycles. The van der Waals surface area contributed by atoms with E-state index >= 15 is 0 Å². The average Bonchev–Trinajstić information content (AvgIpc) is 2.43. The van der Waals surface area contributed by atoms with Crippen molar-refractivity contribution in [1.29, 1.82) is 0 Å². The number of rotatable bonds is 7. The zero-order chi connectivity index (χ0) is 14.5. The minimum absolute atomic E-state index is 0.269. The van der Waals surface area contributed by atoms with Crippen molar-refractivity contribution in [2.75, 3.05) is 26.8 Å². The fraction of sp³-hybridized carbons (Fsp3) is 1.00. The van der Waals surface area contributed by atoms with Gasteiger partial charge in [0.05, 0.1) is 0 Å². The molecule has 4 atom stereocenters. The summed E-state index contributed by atoms with van der Waals surface area (Å²) >= 11 is 0. The molecule has 0 saturated carbocycles. The van der Waals surface area contributed by atoms with Crippen LogP contribution in [0.25, 0.3) is 0 Å². The van der Waals surface area contributed by atoms with Gasteiger partial charge in [-0.15, -0.1) is 0 Å². The molecule has 1 aliphatic heterocycles. The van der Waals surface area contributed by atoms with Crippen molar-refractivity contribution in [2.45, 2.75) is 71.5 Å². The Balaban J connectivity index is 2.75. The summed E-state index contributed by atoms with van der Waals surface area (Å²) in [5.41, 5.74) is 0.269. The van der Waals surface area contributed by atoms with Gasteiger partial charge >= 0.3 is 0 Å². The van der Waals surface area contributed by atoms with Crippen LogP contribution in [-0.4, -0.2) is 49.3 Å². The molecular formula is C16H34N2O. The molecule has 1 fully saturated rings. The molecule has 1 rings (SSSR count). The van der Waals surface area contributed by atoms with Crippen LogP contribution in [0, 0.1) is 5.92 Å². The normalized spacial score (nSPS) is 32.2. The molecule has 0 aromatic rings. The Morgan fingerprint density at radius 1 is 1.37 bits per heavy atom. The number of nitrogens with zero attached hydrogens (tertiary/aromatic N) is 1. The SMILES string of the molecule is CCC(C)C1CNC(C)(CC)CN1C(C)CCOC. The first-order valence-corrected chi connectivity index (χ1v) is 7.97. The average molecular weight is 270 g/mol. The van der Waals surface area contributed by atoms with E-state index < -0.39 is 0 Å². The van der Waals surface area contributed by atoms with Crippen LogP contribution in [0.15, 0.2) is 0 Å². The highest BCUT2D eigenvalue weighted by atomic mass is 16.5. The lowest BCUT2D eigenvalue weighted by Crippen LogP contribution is -2.65. The van der Waals surface area contributed by atoms with Crippen molar-refractivity contribution in [3.05, 3.63) is 0 Å². The molecule has 3 heteroatoms. The van der Waals surface area contributed by atoms with E-state index in [9.17, 15) is 0 Å². The zero-order valence-corrected chi connectivity index (χ0v) is 13.8. The van der Waals surface area contributed by atoms with Crippen LogP contribution in [0.4, 0.5) is 0 Å². The molecule has 1 saturated heterocycles. The van der Waals surface area contributed by atoms with Crippen LogP contribution in [0.3, 0.4) is 0 Å². The van der Waals surface area contributed by atoms with Gasteiger partial charge in [-0.1, -0.05) is 27.2 Å². The summed E-state index contributed by atoms with van der Waals surface area (Å²) in [6.07, 6.45) is 3.57. The molecular weight excluding hydrogens is 236 g/mol. The third-order valence-electron chi connectivity index (χ3n) is 5.08. The molecule has 0 amide bonds. The smallest absolute Gasteiger partial charge is 0.0477 e. The van der Waals surface area contributed by atoms with E-state index in [1.807, 2.05) is 0 Å². The Morgan fingerprint density at radius 3 is 2.58 bits per heavy atom. The maximum atomic E-state index is 5.26. The summed E-state index contributed by atoms with van der Waals surface area (Å²) in [6, 6.07) is 1.27. The third kappa shape index (κ3) is 4.44. The van der Waals surface area contributed by atoms with Crippen LogP contribution in [0.1, 0.15) is 53.9 Å². The third-order valence-corrected chi connectivity index (χ3v) is 5.08. The predicted octanol–water partition coefficient (Wildman–Crippen LogP) is 2.90. The van der Waals surface area contributed by atoms with E-state index in [2.05, 4.69) is 44.8 Å². The van der Waals surface area contributed by atoms with Crippen LogP contribution < -0.4 is 5.32 Å². The summed E-state index contributed by atoms with van der Waals surface area (Å²) in [4.78, 5) is 2.73. The van der Waals surface area contributed by atoms with Crippen molar-refractivity contribution in [3.63, 3.8) is 0 Å². The highest BCUT2D eigenvalue weighted by Gasteiger charge is 2.38. The summed E-state index contributed by atoms with van der Waals surface area (Å²) in [6.45, 7) is 14.8. The molecule has 0 aliphatic carbocycles. The van der Waals surface area contributed by atoms with Gasteiger partial charge < -0.3 is 10.1 Å². The van der Waals surface area contributed by atoms with Gasteiger partial charge in [0.2, 0.25) is 0 Å². The van der Waals surface area contributed by atoms with Gasteiger partial charge in [0.15, 0.2) is 0 Å². The molecule has 114 valence electrons. The lowest BCUT2D eigenvalue weighted by atomic mass is 9.87. The van der Waals surface area contributed by atoms with E-state index in [1.165, 1.54) is 12.8 Å². The Morgan fingerprint density at radius 2 is 2.05 bits per heavy atom. The lowest BCUT2D eigenvalue weighted by molar-refractivity contribution is 0.0152. The lowest BCUT2D eigenvalue weighted by Gasteiger charge is -2.50. The number of methoxy groups -OCH3 is 1. The molecule has 4 unspecified atom stereocenters. The number of hydrogen-bond donors (Lipinski definition) is 1. The van der Waals surface area contributed by atoms with Gasteiger partial charge in [0, 0.05) is 44.4 Å². The van der Waals surface area contributed by atoms with E-state index in [0.717, 1.165) is 32.0 Å². The summed E-state index contributed by atoms with van der Waals surface area (Å²) < 4.78 is 5.26. The first-order valence-electron chi connectivity index (χ1n) is 7.97. The molecule has 0 aromatic heterocycles. The predicted molar refractivity (Wildman–Crippen MR) is 82.6 cm³/mol. The largest absolute Gasteiger partial charge is 0.385 e. The number of piperazine rings is 1. The Kier molecular flexibility index (Phi) is 6.78. The van der Waals surface area contributed by atoms with Crippen LogP contribution in [0.2, 0.25) is 0 Å². The second kappa shape index (κ2) is 7.61. The number of hydrogen-bond acceptors (Lipinski definition) is 3. The van der Waals surface area contributed by atoms with Gasteiger partial charge in [-0.3, -0.25) is 4.90 Å². The molecule has 19 heavy (non-hydrogen) atoms. The first-order chi connectivity index (χ1) is 8.97. The topological polar surface area (TPSA) is 24.5 Å². The Hall–Kier alpha value is -0.120. The summed E-state index contributed by atoms with van der Waals surface area (Å²) in [5, 5.41) is 3.78. The van der Waals surface area contributed by atoms with E-state index in [-0.39, 0.29) is 5.54 Å². The van der Waals surface area contributed by atoms with Crippen molar-refractivity contribution in [1.82, 2.24) is 10.2 Å². The van der Waals surface area contributed by atoms with Gasteiger partial charge in [-0.05, 0) is 32.6 Å². The highest BCUT2D eigenvalue weighted by molar-refractivity contribution is 4.97. The van der Waals surface area contributed by atoms with Gasteiger partial charge in [0.1, 0.15) is 0 Å². The second-order valence-corrected chi connectivity index (χ2v) is 6.55. The van der Waals surface area contributed by atoms with Crippen molar-refractivity contribution >= 4 is 0 Å². The molecule has 1 heterocycles. The van der Waals surface area contributed by atoms with Crippen LogP contribution in [-0.2, 0) is 4.74 Å². The maximum Gasteiger partial charge on any atom is 0.0477 e. The van der Waals surface area contributed by atoms with E-state index in [4.69, 9.17) is 4.74 Å². The van der Waals surface area contributed by atoms with Gasteiger partial charge in [-0.2, -0.15) is 0 Å². The minimum Gasteiger partial charge on any atom is -0.385 e. The van der Waals surface area contributed by atoms with Gasteiger partial charge in [-0.25, -0.2) is 0 Å². The summed E-state index contributed by atoms with van der Waals surface area (Å²) in [7, 11) is 1.80. The van der Waals surface area contributed by atoms with E-state index in [0.29, 0.717) is 12.1 Å². The van der Waals surface area contributed by atoms with Crippen molar-refractivity contribution in [2.24, 2.45) is 5.92 Å².